The second kappa shape index (κ2) is 32.2. The molecule has 0 saturated heterocycles. The summed E-state index contributed by atoms with van der Waals surface area (Å²) in [4.78, 5) is 0.349. The van der Waals surface area contributed by atoms with E-state index in [1.165, 1.54) is 60.7 Å². The van der Waals surface area contributed by atoms with Crippen LogP contribution < -0.4 is 9.47 Å². The van der Waals surface area contributed by atoms with Crippen molar-refractivity contribution in [1.82, 2.24) is 0 Å². The fourth-order valence-electron chi connectivity index (χ4n) is 5.87. The first-order chi connectivity index (χ1) is 34.3. The Labute approximate surface area is 476 Å². The van der Waals surface area contributed by atoms with E-state index in [1.807, 2.05) is 64.1 Å². The minimum absolute atomic E-state index is 0. The lowest BCUT2D eigenvalue weighted by molar-refractivity contribution is 0.243. The van der Waals surface area contributed by atoms with Crippen molar-refractivity contribution in [2.45, 2.75) is 96.3 Å². The van der Waals surface area contributed by atoms with Gasteiger partial charge in [-0.15, -0.1) is 0 Å². The predicted octanol–water partition coefficient (Wildman–Crippen LogP) is 14.0. The van der Waals surface area contributed by atoms with E-state index >= 15 is 0 Å². The van der Waals surface area contributed by atoms with Crippen molar-refractivity contribution in [2.24, 2.45) is 0 Å². The Morgan fingerprint density at radius 1 is 0.432 bits per heavy atom. The maximum atomic E-state index is 13.2. The normalized spacial score (nSPS) is 11.1. The number of halogens is 6. The Morgan fingerprint density at radius 2 is 0.716 bits per heavy atom. The first-order valence-electron chi connectivity index (χ1n) is 22.5. The van der Waals surface area contributed by atoms with Crippen LogP contribution in [0.5, 0.6) is 17.2 Å². The first-order valence-corrected chi connectivity index (χ1v) is 29.9. The molecule has 0 amide bonds. The molecule has 0 aliphatic heterocycles. The van der Waals surface area contributed by atoms with Gasteiger partial charge in [-0.3, -0.25) is 12.5 Å². The predicted molar refractivity (Wildman–Crippen MR) is 308 cm³/mol. The third-order valence-corrected chi connectivity index (χ3v) is 16.2. The van der Waals surface area contributed by atoms with Crippen molar-refractivity contribution >= 4 is 98.1 Å². The number of rotatable bonds is 19. The molecule has 0 aliphatic rings. The summed E-state index contributed by atoms with van der Waals surface area (Å²) in [5.74, 6) is 0.758. The minimum atomic E-state index is -3.85. The second-order valence-corrected chi connectivity index (χ2v) is 24.5. The van der Waals surface area contributed by atoms with Gasteiger partial charge in [0.25, 0.3) is 30.4 Å². The van der Waals surface area contributed by atoms with Crippen LogP contribution in [0.4, 0.5) is 13.2 Å². The molecule has 6 aromatic carbocycles. The van der Waals surface area contributed by atoms with E-state index in [9.17, 15) is 38.4 Å². The summed E-state index contributed by atoms with van der Waals surface area (Å²) in [6.07, 6.45) is 2.48. The zero-order chi connectivity index (χ0) is 54.5. The molecular weight excluding hydrogens is 1360 g/mol. The maximum Gasteiger partial charge on any atom is 0.296 e. The smallest absolute Gasteiger partial charge is 0.296 e. The lowest BCUT2D eigenvalue weighted by Crippen LogP contribution is -2.12. The highest BCUT2D eigenvalue weighted by Gasteiger charge is 2.18. The summed E-state index contributed by atoms with van der Waals surface area (Å²) in [7, 11) is -11.3. The highest BCUT2D eigenvalue weighted by molar-refractivity contribution is 14.1. The van der Waals surface area contributed by atoms with Crippen molar-refractivity contribution in [3.8, 4) is 17.2 Å². The molecule has 0 bridgehead atoms. The van der Waals surface area contributed by atoms with Gasteiger partial charge in [0.2, 0.25) is 0 Å². The highest BCUT2D eigenvalue weighted by atomic mass is 127. The van der Waals surface area contributed by atoms with Crippen LogP contribution in [0.15, 0.2) is 124 Å². The van der Waals surface area contributed by atoms with Gasteiger partial charge in [0.1, 0.15) is 34.7 Å². The lowest BCUT2D eigenvalue weighted by atomic mass is 10.2. The van der Waals surface area contributed by atoms with Gasteiger partial charge >= 0.3 is 0 Å². The Balaban J connectivity index is 0.000000353. The molecule has 406 valence electrons. The van der Waals surface area contributed by atoms with Crippen molar-refractivity contribution in [1.29, 1.82) is 0 Å². The van der Waals surface area contributed by atoms with Crippen LogP contribution in [0.3, 0.4) is 0 Å². The monoisotopic (exact) mass is 1420 g/mol. The summed E-state index contributed by atoms with van der Waals surface area (Å²) >= 11 is 6.01. The number of ether oxygens (including phenoxy) is 2. The second-order valence-electron chi connectivity index (χ2n) is 16.1. The van der Waals surface area contributed by atoms with E-state index in [-0.39, 0.29) is 71.6 Å². The molecule has 1 N–H and O–H groups in total. The number of hydrogen-bond donors (Lipinski definition) is 1. The zero-order valence-corrected chi connectivity index (χ0v) is 50.1. The van der Waals surface area contributed by atoms with Gasteiger partial charge in [0.15, 0.2) is 0 Å². The molecule has 0 spiro atoms. The molecule has 0 heterocycles. The minimum Gasteiger partial charge on any atom is -0.507 e. The molecule has 6 rings (SSSR count). The van der Waals surface area contributed by atoms with Gasteiger partial charge in [-0.05, 0) is 212 Å². The average Bonchev–Trinajstić information content (AvgIpc) is 3.30. The van der Waals surface area contributed by atoms with Crippen LogP contribution in [0.25, 0.3) is 0 Å². The van der Waals surface area contributed by atoms with E-state index in [1.54, 1.807) is 55.5 Å². The van der Waals surface area contributed by atoms with Gasteiger partial charge in [-0.2, -0.15) is 25.3 Å². The van der Waals surface area contributed by atoms with Gasteiger partial charge in [-0.1, -0.05) is 73.9 Å². The fraction of sp³-hybridized carbons (Fsp3) is 0.321. The summed E-state index contributed by atoms with van der Waals surface area (Å²) in [5, 5.41) is 9.16. The van der Waals surface area contributed by atoms with Crippen LogP contribution in [0.1, 0.15) is 73.4 Å². The zero-order valence-electron chi connectivity index (χ0n) is 41.2. The summed E-state index contributed by atoms with van der Waals surface area (Å²) in [6, 6.07) is 27.6. The Morgan fingerprint density at radius 3 is 1.01 bits per heavy atom. The topological polar surface area (TPSA) is 169 Å². The molecule has 0 fully saturated rings. The van der Waals surface area contributed by atoms with Gasteiger partial charge in [0.05, 0.1) is 58.4 Å². The third-order valence-electron chi connectivity index (χ3n) is 9.82. The highest BCUT2D eigenvalue weighted by Crippen LogP contribution is 2.29. The third kappa shape index (κ3) is 23.0. The van der Waals surface area contributed by atoms with Crippen molar-refractivity contribution in [3.05, 3.63) is 171 Å². The molecule has 74 heavy (non-hydrogen) atoms. The summed E-state index contributed by atoms with van der Waals surface area (Å²) in [6.45, 7) is 13.8. The molecule has 0 aromatic heterocycles. The van der Waals surface area contributed by atoms with E-state index in [0.717, 1.165) is 47.8 Å². The molecule has 0 aliphatic carbocycles. The van der Waals surface area contributed by atoms with Crippen molar-refractivity contribution < 1.29 is 65.6 Å². The number of aryl methyl sites for hydroxylation is 6. The number of phenolic OH excluding ortho intramolecular Hbond substituents is 1. The Bertz CT molecular complexity index is 2850. The molecular formula is C53H62F3I3O12S3. The van der Waals surface area contributed by atoms with Gasteiger partial charge in [0, 0.05) is 6.42 Å². The molecule has 0 unspecified atom stereocenters. The van der Waals surface area contributed by atoms with E-state index < -0.39 is 30.4 Å². The molecule has 0 radical (unpaired) electrons. The summed E-state index contributed by atoms with van der Waals surface area (Å²) < 4.78 is 138. The SMILES string of the molecule is C.CCCCOS(=O)(=O)c1ccc(C)cc1.Cc1cc(F)cc(I)c1O.Cc1cc(F)cc(I)c1OCCCOc1c(C)cc(F)cc1I.Cc1ccc(S(=O)(=O)OCCCOS(=O)(=O)c2ccc(C)cc2)cc1. The van der Waals surface area contributed by atoms with Crippen LogP contribution in [0.2, 0.25) is 0 Å². The fourth-order valence-corrected chi connectivity index (χ4v) is 11.2. The molecule has 12 nitrogen and oxygen atoms in total. The van der Waals surface area contributed by atoms with E-state index in [4.69, 9.17) is 27.1 Å². The molecule has 21 heteroatoms. The molecule has 0 saturated carbocycles. The Hall–Kier alpha value is -3.57. The number of aromatic hydroxyl groups is 1. The largest absolute Gasteiger partial charge is 0.507 e. The molecule has 0 atom stereocenters. The van der Waals surface area contributed by atoms with Crippen LogP contribution >= 0.6 is 67.8 Å². The number of phenols is 1. The Kier molecular flexibility index (Phi) is 29.0. The van der Waals surface area contributed by atoms with Crippen LogP contribution in [-0.2, 0) is 42.9 Å². The molecule has 6 aromatic rings. The lowest BCUT2D eigenvalue weighted by Gasteiger charge is -2.13. The van der Waals surface area contributed by atoms with Crippen molar-refractivity contribution in [3.63, 3.8) is 0 Å². The maximum absolute atomic E-state index is 13.2. The summed E-state index contributed by atoms with van der Waals surface area (Å²) in [5.41, 5.74) is 5.03. The van der Waals surface area contributed by atoms with E-state index in [0.29, 0.717) is 40.3 Å². The van der Waals surface area contributed by atoms with Crippen molar-refractivity contribution in [2.75, 3.05) is 33.0 Å². The van der Waals surface area contributed by atoms with Gasteiger partial charge in [-0.25, -0.2) is 13.2 Å². The number of unbranched alkanes of at least 4 members (excludes halogenated alkanes) is 1. The number of hydrogen-bond acceptors (Lipinski definition) is 12. The first kappa shape index (κ1) is 66.5. The van der Waals surface area contributed by atoms with Crippen LogP contribution in [0, 0.1) is 69.7 Å². The standard InChI is InChI=1S/C17H16F2I2O2.C17H20O6S2.C11H16O3S.C7H6FIO.CH4/c1-10-6-12(18)8-14(20)16(10)22-4-3-5-23-17-11(2)7-13(19)9-15(17)21;1-14-4-8-16(9-5-14)24(18,19)22-12-3-13-23-25(20,21)17-10-6-15(2)7-11-17;1-3-4-9-14-15(12,13)11-7-5-10(2)6-8-11;1-4-2-5(8)3-6(9)7(4)10;/h6-9H,3-5H2,1-2H3;4-11H,3,12-13H2,1-2H3;5-8H,3-4,9H2,1-2H3;2-3,10H,1H3;1H4. The van der Waals surface area contributed by atoms with Gasteiger partial charge < -0.3 is 14.6 Å². The van der Waals surface area contributed by atoms with E-state index in [2.05, 4.69) is 45.2 Å². The van der Waals surface area contributed by atoms with Crippen LogP contribution in [-0.4, -0.2) is 63.4 Å². The number of benzene rings is 6. The quantitative estimate of drug-likeness (QED) is 0.0463. The average molecular weight is 1420 g/mol.